The molecule has 0 aliphatic heterocycles. The Balaban J connectivity index is 1.53. The van der Waals surface area contributed by atoms with Gasteiger partial charge in [-0.05, 0) is 55.7 Å². The van der Waals surface area contributed by atoms with Crippen molar-refractivity contribution in [2.45, 2.75) is 31.4 Å². The quantitative estimate of drug-likeness (QED) is 0.671. The molecule has 7 nitrogen and oxygen atoms in total. The first-order valence-corrected chi connectivity index (χ1v) is 9.18. The fraction of sp³-hybridized carbons (Fsp3) is 0.286. The van der Waals surface area contributed by atoms with Crippen molar-refractivity contribution in [1.29, 1.82) is 0 Å². The molecular weight excluding hydrogens is 356 g/mol. The number of benzene rings is 1. The van der Waals surface area contributed by atoms with Gasteiger partial charge in [-0.15, -0.1) is 0 Å². The number of hydrogen-bond acceptors (Lipinski definition) is 7. The van der Waals surface area contributed by atoms with Crippen LogP contribution in [0.4, 0.5) is 0 Å². The third kappa shape index (κ3) is 3.89. The molecule has 0 atom stereocenters. The minimum absolute atomic E-state index is 0.369. The van der Waals surface area contributed by atoms with E-state index in [1.165, 1.54) is 0 Å². The summed E-state index contributed by atoms with van der Waals surface area (Å²) in [5.41, 5.74) is 7.49. The zero-order valence-corrected chi connectivity index (χ0v) is 15.7. The van der Waals surface area contributed by atoms with Crippen molar-refractivity contribution in [3.8, 4) is 11.5 Å². The molecule has 1 aromatic carbocycles. The van der Waals surface area contributed by atoms with Crippen LogP contribution in [-0.2, 0) is 12.1 Å². The Hall–Kier alpha value is -3.19. The van der Waals surface area contributed by atoms with Crippen LogP contribution in [0.15, 0.2) is 47.1 Å². The lowest BCUT2D eigenvalue weighted by atomic mass is 9.77. The zero-order chi connectivity index (χ0) is 19.4. The van der Waals surface area contributed by atoms with Gasteiger partial charge in [-0.3, -0.25) is 4.98 Å². The summed E-state index contributed by atoms with van der Waals surface area (Å²) in [6, 6.07) is 11.3. The van der Waals surface area contributed by atoms with Crippen molar-refractivity contribution in [1.82, 2.24) is 15.1 Å². The lowest BCUT2D eigenvalue weighted by Crippen LogP contribution is -2.44. The normalized spacial score (nSPS) is 15.4. The molecule has 2 heterocycles. The number of methoxy groups -OCH3 is 1. The molecule has 3 aromatic rings. The SMILES string of the molecule is COc1ccc(OCc2ccccn2)c(/C=C/c2nc(C3(N)CCC3)no2)c1. The maximum atomic E-state index is 6.25. The molecule has 28 heavy (non-hydrogen) atoms. The average molecular weight is 378 g/mol. The summed E-state index contributed by atoms with van der Waals surface area (Å²) in [5.74, 6) is 2.41. The van der Waals surface area contributed by atoms with Crippen LogP contribution in [0.3, 0.4) is 0 Å². The highest BCUT2D eigenvalue weighted by atomic mass is 16.5. The van der Waals surface area contributed by atoms with Crippen molar-refractivity contribution < 1.29 is 14.0 Å². The van der Waals surface area contributed by atoms with E-state index in [-0.39, 0.29) is 0 Å². The van der Waals surface area contributed by atoms with Crippen LogP contribution in [0.1, 0.15) is 42.2 Å². The predicted octanol–water partition coefficient (Wildman–Crippen LogP) is 3.56. The summed E-state index contributed by atoms with van der Waals surface area (Å²) in [4.78, 5) is 8.69. The minimum atomic E-state index is -0.442. The van der Waals surface area contributed by atoms with Gasteiger partial charge in [0.25, 0.3) is 5.89 Å². The molecule has 0 bridgehead atoms. The highest BCUT2D eigenvalue weighted by molar-refractivity contribution is 5.70. The number of aromatic nitrogens is 3. The second-order valence-electron chi connectivity index (χ2n) is 6.81. The summed E-state index contributed by atoms with van der Waals surface area (Å²) in [6.07, 6.45) is 8.22. The standard InChI is InChI=1S/C21H22N4O3/c1-26-17-7-8-18(27-14-16-5-2-3-12-23-16)15(13-17)6-9-19-24-20(25-28-19)21(22)10-4-11-21/h2-3,5-9,12-13H,4,10-11,14,22H2,1H3/b9-6+. The van der Waals surface area contributed by atoms with Crippen molar-refractivity contribution in [2.75, 3.05) is 7.11 Å². The van der Waals surface area contributed by atoms with Crippen molar-refractivity contribution in [3.05, 3.63) is 65.6 Å². The van der Waals surface area contributed by atoms with Gasteiger partial charge in [-0.1, -0.05) is 11.2 Å². The van der Waals surface area contributed by atoms with Crippen LogP contribution in [0, 0.1) is 0 Å². The molecule has 0 saturated heterocycles. The maximum absolute atomic E-state index is 6.25. The molecule has 7 heteroatoms. The van der Waals surface area contributed by atoms with E-state index in [4.69, 9.17) is 19.7 Å². The summed E-state index contributed by atoms with van der Waals surface area (Å²) in [5, 5.41) is 4.03. The van der Waals surface area contributed by atoms with E-state index in [2.05, 4.69) is 15.1 Å². The van der Waals surface area contributed by atoms with Crippen LogP contribution in [-0.4, -0.2) is 22.2 Å². The highest BCUT2D eigenvalue weighted by Gasteiger charge is 2.38. The van der Waals surface area contributed by atoms with Gasteiger partial charge in [0.2, 0.25) is 0 Å². The Morgan fingerprint density at radius 3 is 2.82 bits per heavy atom. The van der Waals surface area contributed by atoms with Gasteiger partial charge in [-0.25, -0.2) is 0 Å². The number of ether oxygens (including phenoxy) is 2. The van der Waals surface area contributed by atoms with Gasteiger partial charge in [0.15, 0.2) is 5.82 Å². The molecule has 1 aliphatic rings. The van der Waals surface area contributed by atoms with Gasteiger partial charge in [0.05, 0.1) is 18.3 Å². The smallest absolute Gasteiger partial charge is 0.250 e. The summed E-state index contributed by atoms with van der Waals surface area (Å²) < 4.78 is 16.6. The van der Waals surface area contributed by atoms with E-state index >= 15 is 0 Å². The zero-order valence-electron chi connectivity index (χ0n) is 15.7. The molecule has 4 rings (SSSR count). The average Bonchev–Trinajstić information content (AvgIpc) is 3.19. The van der Waals surface area contributed by atoms with E-state index in [1.54, 1.807) is 19.4 Å². The van der Waals surface area contributed by atoms with E-state index in [1.807, 2.05) is 42.5 Å². The molecule has 1 fully saturated rings. The summed E-state index contributed by atoms with van der Waals surface area (Å²) in [7, 11) is 1.63. The monoisotopic (exact) mass is 378 g/mol. The second kappa shape index (κ2) is 7.82. The van der Waals surface area contributed by atoms with Gasteiger partial charge in [0.1, 0.15) is 18.1 Å². The first kappa shape index (κ1) is 18.2. The third-order valence-electron chi connectivity index (χ3n) is 4.86. The number of rotatable bonds is 7. The molecule has 2 N–H and O–H groups in total. The van der Waals surface area contributed by atoms with Crippen LogP contribution in [0.25, 0.3) is 12.2 Å². The van der Waals surface area contributed by atoms with Crippen LogP contribution in [0.2, 0.25) is 0 Å². The molecule has 0 spiro atoms. The molecule has 1 saturated carbocycles. The van der Waals surface area contributed by atoms with Crippen molar-refractivity contribution >= 4 is 12.2 Å². The number of hydrogen-bond donors (Lipinski definition) is 1. The molecule has 0 unspecified atom stereocenters. The van der Waals surface area contributed by atoms with E-state index < -0.39 is 5.54 Å². The Morgan fingerprint density at radius 2 is 2.11 bits per heavy atom. The van der Waals surface area contributed by atoms with E-state index in [0.29, 0.717) is 24.1 Å². The molecule has 1 aliphatic carbocycles. The third-order valence-corrected chi connectivity index (χ3v) is 4.86. The number of nitrogens with zero attached hydrogens (tertiary/aromatic N) is 3. The van der Waals surface area contributed by atoms with Crippen LogP contribution >= 0.6 is 0 Å². The molecule has 2 aromatic heterocycles. The fourth-order valence-corrected chi connectivity index (χ4v) is 3.00. The topological polar surface area (TPSA) is 96.3 Å². The predicted molar refractivity (Wildman–Crippen MR) is 105 cm³/mol. The van der Waals surface area contributed by atoms with Crippen molar-refractivity contribution in [3.63, 3.8) is 0 Å². The van der Waals surface area contributed by atoms with Crippen LogP contribution in [0.5, 0.6) is 11.5 Å². The lowest BCUT2D eigenvalue weighted by Gasteiger charge is -2.34. The molecule has 144 valence electrons. The molecule has 0 radical (unpaired) electrons. The summed E-state index contributed by atoms with van der Waals surface area (Å²) >= 11 is 0. The number of pyridine rings is 1. The molecule has 0 amide bonds. The first-order valence-electron chi connectivity index (χ1n) is 9.18. The van der Waals surface area contributed by atoms with E-state index in [9.17, 15) is 0 Å². The van der Waals surface area contributed by atoms with Crippen LogP contribution < -0.4 is 15.2 Å². The summed E-state index contributed by atoms with van der Waals surface area (Å²) in [6.45, 7) is 0.369. The van der Waals surface area contributed by atoms with Crippen molar-refractivity contribution in [2.24, 2.45) is 5.73 Å². The first-order chi connectivity index (χ1) is 13.7. The second-order valence-corrected chi connectivity index (χ2v) is 6.81. The Labute approximate surface area is 163 Å². The van der Waals surface area contributed by atoms with Gasteiger partial charge < -0.3 is 19.7 Å². The van der Waals surface area contributed by atoms with Gasteiger partial charge >= 0.3 is 0 Å². The molecular formula is C21H22N4O3. The highest BCUT2D eigenvalue weighted by Crippen LogP contribution is 2.37. The fourth-order valence-electron chi connectivity index (χ4n) is 3.00. The van der Waals surface area contributed by atoms with Gasteiger partial charge in [0, 0.05) is 17.8 Å². The lowest BCUT2D eigenvalue weighted by molar-refractivity contribution is 0.229. The van der Waals surface area contributed by atoms with Gasteiger partial charge in [-0.2, -0.15) is 4.98 Å². The van der Waals surface area contributed by atoms with E-state index in [0.717, 1.165) is 36.3 Å². The Kier molecular flexibility index (Phi) is 5.08. The Bertz CT molecular complexity index is 965. The largest absolute Gasteiger partial charge is 0.497 e. The number of nitrogens with two attached hydrogens (primary N) is 1. The maximum Gasteiger partial charge on any atom is 0.250 e. The minimum Gasteiger partial charge on any atom is -0.497 e. The Morgan fingerprint density at radius 1 is 1.21 bits per heavy atom.